The number of fused-ring (bicyclic) bond motifs is 1. The molecule has 1 atom stereocenters. The van der Waals surface area contributed by atoms with Gasteiger partial charge in [0, 0.05) is 31.4 Å². The van der Waals surface area contributed by atoms with Crippen molar-refractivity contribution < 1.29 is 19.3 Å². The molecular formula is C33H44N2O4. The Kier molecular flexibility index (Phi) is 9.99. The van der Waals surface area contributed by atoms with E-state index >= 15 is 0 Å². The van der Waals surface area contributed by atoms with Crippen molar-refractivity contribution in [2.45, 2.75) is 52.5 Å². The molecule has 0 amide bonds. The van der Waals surface area contributed by atoms with Gasteiger partial charge in [0.25, 0.3) is 0 Å². The monoisotopic (exact) mass is 532 g/mol. The van der Waals surface area contributed by atoms with Crippen molar-refractivity contribution in [2.75, 3.05) is 51.9 Å². The number of hydrogen-bond acceptors (Lipinski definition) is 6. The molecule has 0 bridgehead atoms. The van der Waals surface area contributed by atoms with Crippen LogP contribution in [0.4, 0.5) is 5.69 Å². The summed E-state index contributed by atoms with van der Waals surface area (Å²) in [6.07, 6.45) is 2.91. The van der Waals surface area contributed by atoms with Crippen molar-refractivity contribution in [3.05, 3.63) is 76.9 Å². The minimum atomic E-state index is 0.344. The second-order valence-corrected chi connectivity index (χ2v) is 10.2. The van der Waals surface area contributed by atoms with E-state index in [9.17, 15) is 5.11 Å². The molecule has 1 N–H and O–H groups in total. The number of aromatic hydroxyl groups is 1. The zero-order valence-electron chi connectivity index (χ0n) is 24.2. The van der Waals surface area contributed by atoms with Gasteiger partial charge in [-0.3, -0.25) is 0 Å². The number of phenols is 1. The van der Waals surface area contributed by atoms with E-state index in [2.05, 4.69) is 73.0 Å². The molecule has 210 valence electrons. The van der Waals surface area contributed by atoms with Gasteiger partial charge in [0.05, 0.1) is 14.2 Å². The summed E-state index contributed by atoms with van der Waals surface area (Å²) in [7, 11) is 3.39. The van der Waals surface area contributed by atoms with Gasteiger partial charge in [0.2, 0.25) is 0 Å². The van der Waals surface area contributed by atoms with Crippen LogP contribution < -0.4 is 19.1 Å². The first-order valence-corrected chi connectivity index (χ1v) is 14.2. The lowest BCUT2D eigenvalue weighted by Gasteiger charge is -2.32. The largest absolute Gasteiger partial charge is 0.508 e. The topological polar surface area (TPSA) is 54.4 Å². The van der Waals surface area contributed by atoms with E-state index in [1.807, 2.05) is 6.07 Å². The zero-order chi connectivity index (χ0) is 27.8. The maximum absolute atomic E-state index is 9.94. The van der Waals surface area contributed by atoms with E-state index < -0.39 is 0 Å². The van der Waals surface area contributed by atoms with Gasteiger partial charge in [0.15, 0.2) is 11.5 Å². The molecule has 1 aliphatic rings. The number of rotatable bonds is 13. The summed E-state index contributed by atoms with van der Waals surface area (Å²) in [5, 5.41) is 9.94. The lowest BCUT2D eigenvalue weighted by atomic mass is 9.79. The molecule has 6 heteroatoms. The molecule has 3 aromatic carbocycles. The number of nitrogens with zero attached hydrogens (tertiary/aromatic N) is 2. The van der Waals surface area contributed by atoms with Crippen LogP contribution in [0.25, 0.3) is 0 Å². The number of phenolic OH excluding ortho intramolecular Hbond substituents is 1. The van der Waals surface area contributed by atoms with Crippen molar-refractivity contribution >= 4 is 5.69 Å². The molecule has 0 spiro atoms. The van der Waals surface area contributed by atoms with Gasteiger partial charge in [0.1, 0.15) is 18.1 Å². The van der Waals surface area contributed by atoms with Crippen LogP contribution in [0.5, 0.6) is 23.0 Å². The highest BCUT2D eigenvalue weighted by Crippen LogP contribution is 2.43. The molecule has 0 unspecified atom stereocenters. The Hall–Kier alpha value is -3.38. The molecule has 0 saturated heterocycles. The van der Waals surface area contributed by atoms with E-state index in [0.29, 0.717) is 18.3 Å². The quantitative estimate of drug-likeness (QED) is 0.274. The molecule has 0 radical (unpaired) electrons. The smallest absolute Gasteiger partial charge is 0.162 e. The summed E-state index contributed by atoms with van der Waals surface area (Å²) in [4.78, 5) is 4.78. The molecule has 6 nitrogen and oxygen atoms in total. The first kappa shape index (κ1) is 28.6. The van der Waals surface area contributed by atoms with Crippen LogP contribution in [0, 0.1) is 0 Å². The summed E-state index contributed by atoms with van der Waals surface area (Å²) in [6, 6.07) is 18.6. The Morgan fingerprint density at radius 1 is 0.846 bits per heavy atom. The molecule has 0 aliphatic heterocycles. The molecule has 4 rings (SSSR count). The van der Waals surface area contributed by atoms with E-state index in [1.54, 1.807) is 20.3 Å². The summed E-state index contributed by atoms with van der Waals surface area (Å²) in [5.41, 5.74) is 6.26. The van der Waals surface area contributed by atoms with Gasteiger partial charge in [-0.15, -0.1) is 0 Å². The molecular weight excluding hydrogens is 488 g/mol. The molecule has 0 aromatic heterocycles. The van der Waals surface area contributed by atoms with Gasteiger partial charge >= 0.3 is 0 Å². The molecule has 0 heterocycles. The molecule has 3 aromatic rings. The normalized spacial score (nSPS) is 14.7. The summed E-state index contributed by atoms with van der Waals surface area (Å²) >= 11 is 0. The van der Waals surface area contributed by atoms with Crippen LogP contribution in [-0.4, -0.2) is 57.0 Å². The van der Waals surface area contributed by atoms with Gasteiger partial charge in [-0.2, -0.15) is 0 Å². The second-order valence-electron chi connectivity index (χ2n) is 10.2. The van der Waals surface area contributed by atoms with Crippen molar-refractivity contribution in [3.63, 3.8) is 0 Å². The van der Waals surface area contributed by atoms with Crippen LogP contribution in [0.15, 0.2) is 54.6 Å². The first-order chi connectivity index (χ1) is 19.0. The van der Waals surface area contributed by atoms with E-state index in [1.165, 1.54) is 27.9 Å². The third-order valence-electron chi connectivity index (χ3n) is 7.98. The predicted molar refractivity (Wildman–Crippen MR) is 159 cm³/mol. The summed E-state index contributed by atoms with van der Waals surface area (Å²) in [6.45, 7) is 11.9. The number of hydrogen-bond donors (Lipinski definition) is 1. The van der Waals surface area contributed by atoms with Crippen molar-refractivity contribution in [3.8, 4) is 23.0 Å². The molecule has 1 aliphatic carbocycles. The number of methoxy groups -OCH3 is 2. The molecule has 39 heavy (non-hydrogen) atoms. The standard InChI is InChI=1S/C33H44N2O4/c1-6-34(7-2)17-18-39-29-15-9-24(10-16-29)23-35(8-3)31-22-33(38-5)32(37-4)21-30(31)27-12-11-26-20-28(36)14-13-25(26)19-27/h9-10,13-16,20-22,27,36H,6-8,11-12,17-19,23H2,1-5H3/t27-/m1/s1. The maximum atomic E-state index is 9.94. The number of anilines is 1. The maximum Gasteiger partial charge on any atom is 0.162 e. The average molecular weight is 533 g/mol. The van der Waals surface area contributed by atoms with E-state index in [4.69, 9.17) is 14.2 Å². The highest BCUT2D eigenvalue weighted by atomic mass is 16.5. The number of benzene rings is 3. The Labute approximate surface area is 234 Å². The fraction of sp³-hybridized carbons (Fsp3) is 0.455. The number of aryl methyl sites for hydroxylation is 1. The van der Waals surface area contributed by atoms with Gasteiger partial charge in [-0.25, -0.2) is 0 Å². The van der Waals surface area contributed by atoms with E-state index in [0.717, 1.165) is 69.2 Å². The Morgan fingerprint density at radius 2 is 1.56 bits per heavy atom. The van der Waals surface area contributed by atoms with Crippen LogP contribution >= 0.6 is 0 Å². The third-order valence-corrected chi connectivity index (χ3v) is 7.98. The fourth-order valence-corrected chi connectivity index (χ4v) is 5.60. The SMILES string of the molecule is CCN(CC)CCOc1ccc(CN(CC)c2cc(OC)c(OC)cc2[C@@H]2CCc3cc(O)ccc3C2)cc1. The lowest BCUT2D eigenvalue weighted by molar-refractivity contribution is 0.223. The summed E-state index contributed by atoms with van der Waals surface area (Å²) in [5.74, 6) is 3.11. The Bertz CT molecular complexity index is 1210. The minimum Gasteiger partial charge on any atom is -0.508 e. The fourth-order valence-electron chi connectivity index (χ4n) is 5.60. The predicted octanol–water partition coefficient (Wildman–Crippen LogP) is 6.43. The minimum absolute atomic E-state index is 0.344. The van der Waals surface area contributed by atoms with Gasteiger partial charge in [-0.05, 0) is 97.8 Å². The van der Waals surface area contributed by atoms with Crippen molar-refractivity contribution in [1.82, 2.24) is 4.90 Å². The van der Waals surface area contributed by atoms with Crippen LogP contribution in [-0.2, 0) is 19.4 Å². The first-order valence-electron chi connectivity index (χ1n) is 14.2. The van der Waals surface area contributed by atoms with Crippen molar-refractivity contribution in [2.24, 2.45) is 0 Å². The summed E-state index contributed by atoms with van der Waals surface area (Å²) < 4.78 is 17.4. The molecule has 0 saturated carbocycles. The lowest BCUT2D eigenvalue weighted by Crippen LogP contribution is -2.27. The van der Waals surface area contributed by atoms with Crippen LogP contribution in [0.3, 0.4) is 0 Å². The Morgan fingerprint density at radius 3 is 2.23 bits per heavy atom. The second kappa shape index (κ2) is 13.6. The van der Waals surface area contributed by atoms with E-state index in [-0.39, 0.29) is 0 Å². The Balaban J connectivity index is 1.55. The van der Waals surface area contributed by atoms with Crippen LogP contribution in [0.1, 0.15) is 55.4 Å². The highest BCUT2D eigenvalue weighted by molar-refractivity contribution is 5.64. The molecule has 0 fully saturated rings. The highest BCUT2D eigenvalue weighted by Gasteiger charge is 2.26. The zero-order valence-corrected chi connectivity index (χ0v) is 24.2. The van der Waals surface area contributed by atoms with Gasteiger partial charge < -0.3 is 29.1 Å². The average Bonchev–Trinajstić information content (AvgIpc) is 2.98. The number of ether oxygens (including phenoxy) is 3. The van der Waals surface area contributed by atoms with Crippen LogP contribution in [0.2, 0.25) is 0 Å². The number of likely N-dealkylation sites (N-methyl/N-ethyl adjacent to an activating group) is 1. The third kappa shape index (κ3) is 6.99. The van der Waals surface area contributed by atoms with Crippen molar-refractivity contribution in [1.29, 1.82) is 0 Å². The van der Waals surface area contributed by atoms with Gasteiger partial charge in [-0.1, -0.05) is 32.0 Å².